The summed E-state index contributed by atoms with van der Waals surface area (Å²) >= 11 is 1.75. The van der Waals surface area contributed by atoms with E-state index < -0.39 is 0 Å². The molecule has 1 spiro atoms. The van der Waals surface area contributed by atoms with E-state index in [0.717, 1.165) is 38.2 Å². The molecule has 0 aliphatic carbocycles. The number of likely N-dealkylation sites (tertiary alicyclic amines) is 1. The molecule has 114 valence electrons. The molecule has 2 aromatic rings. The maximum Gasteiger partial charge on any atom is 0.237 e. The van der Waals surface area contributed by atoms with Gasteiger partial charge in [-0.1, -0.05) is 18.2 Å². The zero-order valence-corrected chi connectivity index (χ0v) is 13.6. The van der Waals surface area contributed by atoms with Crippen LogP contribution in [-0.2, 0) is 16.8 Å². The fourth-order valence-electron chi connectivity index (χ4n) is 3.93. The van der Waals surface area contributed by atoms with E-state index in [0.29, 0.717) is 0 Å². The van der Waals surface area contributed by atoms with Gasteiger partial charge in [0.2, 0.25) is 5.91 Å². The van der Waals surface area contributed by atoms with Crippen LogP contribution in [-0.4, -0.2) is 30.9 Å². The topological polar surface area (TPSA) is 23.6 Å². The minimum atomic E-state index is -0.281. The molecule has 0 atom stereocenters. The number of hydrogen-bond acceptors (Lipinski definition) is 3. The number of carbonyl (C=O) groups excluding carboxylic acids is 1. The van der Waals surface area contributed by atoms with Crippen LogP contribution in [0.2, 0.25) is 0 Å². The molecule has 0 radical (unpaired) electrons. The average Bonchev–Trinajstić information content (AvgIpc) is 3.13. The van der Waals surface area contributed by atoms with Gasteiger partial charge in [0, 0.05) is 19.3 Å². The smallest absolute Gasteiger partial charge is 0.237 e. The number of benzene rings is 1. The number of hydrogen-bond donors (Lipinski definition) is 0. The summed E-state index contributed by atoms with van der Waals surface area (Å²) in [6, 6.07) is 10.5. The first-order valence-electron chi connectivity index (χ1n) is 7.82. The van der Waals surface area contributed by atoms with Gasteiger partial charge >= 0.3 is 0 Å². The Bertz CT molecular complexity index is 687. The largest absolute Gasteiger partial charge is 0.314 e. The first-order valence-corrected chi connectivity index (χ1v) is 8.76. The Hall–Kier alpha value is -1.65. The van der Waals surface area contributed by atoms with Crippen molar-refractivity contribution in [3.8, 4) is 0 Å². The van der Waals surface area contributed by atoms with Gasteiger partial charge in [-0.2, -0.15) is 11.3 Å². The minimum Gasteiger partial charge on any atom is -0.314 e. The highest BCUT2D eigenvalue weighted by Gasteiger charge is 2.50. The Morgan fingerprint density at radius 2 is 1.95 bits per heavy atom. The van der Waals surface area contributed by atoms with Crippen molar-refractivity contribution in [3.63, 3.8) is 0 Å². The van der Waals surface area contributed by atoms with Gasteiger partial charge in [0.25, 0.3) is 0 Å². The molecule has 3 heterocycles. The fourth-order valence-corrected chi connectivity index (χ4v) is 4.59. The molecule has 2 aliphatic heterocycles. The quantitative estimate of drug-likeness (QED) is 0.850. The summed E-state index contributed by atoms with van der Waals surface area (Å²) in [5, 5.41) is 4.35. The minimum absolute atomic E-state index is 0.281. The van der Waals surface area contributed by atoms with Crippen LogP contribution in [0.1, 0.15) is 24.0 Å². The van der Waals surface area contributed by atoms with E-state index in [-0.39, 0.29) is 11.3 Å². The predicted octanol–water partition coefficient (Wildman–Crippen LogP) is 3.26. The van der Waals surface area contributed by atoms with Gasteiger partial charge in [-0.15, -0.1) is 0 Å². The highest BCUT2D eigenvalue weighted by molar-refractivity contribution is 7.07. The SMILES string of the molecule is CN1C(=O)C2(CCN(Cc3ccsc3)CC2)c2ccccc21. The summed E-state index contributed by atoms with van der Waals surface area (Å²) in [6.07, 6.45) is 1.86. The van der Waals surface area contributed by atoms with Gasteiger partial charge in [0.1, 0.15) is 0 Å². The van der Waals surface area contributed by atoms with Crippen molar-refractivity contribution < 1.29 is 4.79 Å². The number of thiophene rings is 1. The van der Waals surface area contributed by atoms with Crippen LogP contribution in [0, 0.1) is 0 Å². The van der Waals surface area contributed by atoms with Crippen molar-refractivity contribution in [2.24, 2.45) is 0 Å². The van der Waals surface area contributed by atoms with Crippen LogP contribution >= 0.6 is 11.3 Å². The lowest BCUT2D eigenvalue weighted by molar-refractivity contribution is -0.124. The molecule has 0 unspecified atom stereocenters. The monoisotopic (exact) mass is 312 g/mol. The Labute approximate surface area is 135 Å². The van der Waals surface area contributed by atoms with Crippen LogP contribution < -0.4 is 4.90 Å². The fraction of sp³-hybridized carbons (Fsp3) is 0.389. The summed E-state index contributed by atoms with van der Waals surface area (Å²) < 4.78 is 0. The van der Waals surface area contributed by atoms with E-state index in [9.17, 15) is 4.79 Å². The van der Waals surface area contributed by atoms with E-state index in [1.165, 1.54) is 11.1 Å². The van der Waals surface area contributed by atoms with Crippen molar-refractivity contribution >= 4 is 22.9 Å². The number of likely N-dealkylation sites (N-methyl/N-ethyl adjacent to an activating group) is 1. The van der Waals surface area contributed by atoms with Crippen LogP contribution in [0.25, 0.3) is 0 Å². The van der Waals surface area contributed by atoms with Gasteiger partial charge in [0.05, 0.1) is 5.41 Å². The molecule has 4 heteroatoms. The molecular weight excluding hydrogens is 292 g/mol. The summed E-state index contributed by atoms with van der Waals surface area (Å²) in [4.78, 5) is 17.2. The molecule has 3 nitrogen and oxygen atoms in total. The molecule has 0 N–H and O–H groups in total. The number of para-hydroxylation sites is 1. The lowest BCUT2D eigenvalue weighted by Crippen LogP contribution is -2.47. The van der Waals surface area contributed by atoms with E-state index in [1.54, 1.807) is 11.3 Å². The van der Waals surface area contributed by atoms with Crippen molar-refractivity contribution in [2.45, 2.75) is 24.8 Å². The molecule has 1 saturated heterocycles. The van der Waals surface area contributed by atoms with Crippen molar-refractivity contribution in [1.82, 2.24) is 4.90 Å². The van der Waals surface area contributed by atoms with Crippen molar-refractivity contribution in [2.75, 3.05) is 25.0 Å². The van der Waals surface area contributed by atoms with Crippen LogP contribution in [0.15, 0.2) is 41.1 Å². The molecule has 2 aliphatic rings. The number of rotatable bonds is 2. The molecular formula is C18H20N2OS. The van der Waals surface area contributed by atoms with Gasteiger partial charge in [-0.05, 0) is 60.0 Å². The third kappa shape index (κ3) is 2.02. The van der Waals surface area contributed by atoms with E-state index >= 15 is 0 Å². The van der Waals surface area contributed by atoms with Gasteiger partial charge in [-0.3, -0.25) is 9.69 Å². The Balaban J connectivity index is 1.56. The number of piperidine rings is 1. The maximum absolute atomic E-state index is 12.9. The molecule has 0 saturated carbocycles. The predicted molar refractivity (Wildman–Crippen MR) is 90.4 cm³/mol. The molecule has 4 rings (SSSR count). The second-order valence-corrected chi connectivity index (χ2v) is 7.15. The Morgan fingerprint density at radius 1 is 1.18 bits per heavy atom. The maximum atomic E-state index is 12.9. The first kappa shape index (κ1) is 14.0. The highest BCUT2D eigenvalue weighted by Crippen LogP contribution is 2.47. The molecule has 1 aromatic heterocycles. The van der Waals surface area contributed by atoms with Gasteiger partial charge < -0.3 is 4.90 Å². The summed E-state index contributed by atoms with van der Waals surface area (Å²) in [6.45, 7) is 2.98. The zero-order chi connectivity index (χ0) is 15.2. The molecule has 22 heavy (non-hydrogen) atoms. The van der Waals surface area contributed by atoms with E-state index in [4.69, 9.17) is 0 Å². The average molecular weight is 312 g/mol. The highest BCUT2D eigenvalue weighted by atomic mass is 32.1. The van der Waals surface area contributed by atoms with Crippen molar-refractivity contribution in [1.29, 1.82) is 0 Å². The second-order valence-electron chi connectivity index (χ2n) is 6.37. The van der Waals surface area contributed by atoms with E-state index in [2.05, 4.69) is 39.9 Å². The van der Waals surface area contributed by atoms with Crippen LogP contribution in [0.3, 0.4) is 0 Å². The molecule has 1 aromatic carbocycles. The van der Waals surface area contributed by atoms with E-state index in [1.807, 2.05) is 18.0 Å². The normalized spacial score (nSPS) is 20.6. The summed E-state index contributed by atoms with van der Waals surface area (Å²) in [7, 11) is 1.91. The van der Waals surface area contributed by atoms with Gasteiger partial charge in [-0.25, -0.2) is 0 Å². The van der Waals surface area contributed by atoms with Crippen LogP contribution in [0.5, 0.6) is 0 Å². The third-order valence-corrected chi connectivity index (χ3v) is 5.92. The molecule has 1 amide bonds. The van der Waals surface area contributed by atoms with Gasteiger partial charge in [0.15, 0.2) is 0 Å². The van der Waals surface area contributed by atoms with Crippen LogP contribution in [0.4, 0.5) is 5.69 Å². The number of carbonyl (C=O) groups is 1. The second kappa shape index (κ2) is 5.21. The summed E-state index contributed by atoms with van der Waals surface area (Å²) in [5.41, 5.74) is 3.43. The van der Waals surface area contributed by atoms with Crippen molar-refractivity contribution in [3.05, 3.63) is 52.2 Å². The number of fused-ring (bicyclic) bond motifs is 2. The number of nitrogens with zero attached hydrogens (tertiary/aromatic N) is 2. The number of amides is 1. The zero-order valence-electron chi connectivity index (χ0n) is 12.8. The Morgan fingerprint density at radius 3 is 2.68 bits per heavy atom. The number of anilines is 1. The first-order chi connectivity index (χ1) is 10.7. The third-order valence-electron chi connectivity index (χ3n) is 5.19. The molecule has 0 bridgehead atoms. The molecule has 1 fully saturated rings. The lowest BCUT2D eigenvalue weighted by atomic mass is 9.73. The standard InChI is InChI=1S/C18H20N2OS/c1-19-16-5-3-2-4-15(16)18(17(19)21)7-9-20(10-8-18)12-14-6-11-22-13-14/h2-6,11,13H,7-10,12H2,1H3. The Kier molecular flexibility index (Phi) is 3.31. The lowest BCUT2D eigenvalue weighted by Gasteiger charge is -2.38. The summed E-state index contributed by atoms with van der Waals surface area (Å²) in [5.74, 6) is 0.281.